The van der Waals surface area contributed by atoms with Crippen molar-refractivity contribution in [2.75, 3.05) is 18.6 Å². The van der Waals surface area contributed by atoms with E-state index in [1.165, 1.54) is 5.75 Å². The summed E-state index contributed by atoms with van der Waals surface area (Å²) in [6, 6.07) is 7.74. The second-order valence-electron chi connectivity index (χ2n) is 4.10. The van der Waals surface area contributed by atoms with E-state index in [-0.39, 0.29) is 5.25 Å². The van der Waals surface area contributed by atoms with Crippen molar-refractivity contribution in [3.8, 4) is 5.75 Å². The number of para-hydroxylation sites is 1. The molecule has 2 rings (SSSR count). The van der Waals surface area contributed by atoms with Crippen LogP contribution < -0.4 is 4.74 Å². The number of rotatable bonds is 3. The van der Waals surface area contributed by atoms with Crippen LogP contribution in [0.3, 0.4) is 0 Å². The Bertz CT molecular complexity index is 370. The van der Waals surface area contributed by atoms with Crippen molar-refractivity contribution in [2.24, 2.45) is 0 Å². The maximum atomic E-state index is 10.5. The molecule has 0 spiro atoms. The van der Waals surface area contributed by atoms with E-state index in [9.17, 15) is 5.11 Å². The molecule has 1 heterocycles. The van der Waals surface area contributed by atoms with Gasteiger partial charge in [-0.1, -0.05) is 25.1 Å². The van der Waals surface area contributed by atoms with E-state index < -0.39 is 6.10 Å². The molecule has 0 saturated carbocycles. The minimum atomic E-state index is -0.445. The molecule has 4 heteroatoms. The van der Waals surface area contributed by atoms with Crippen molar-refractivity contribution >= 4 is 23.5 Å². The van der Waals surface area contributed by atoms with Crippen LogP contribution >= 0.6 is 23.5 Å². The molecule has 1 fully saturated rings. The van der Waals surface area contributed by atoms with Crippen LogP contribution in [0.15, 0.2) is 24.3 Å². The molecule has 0 radical (unpaired) electrons. The Morgan fingerprint density at radius 2 is 2.00 bits per heavy atom. The van der Waals surface area contributed by atoms with Crippen LogP contribution in [0.25, 0.3) is 0 Å². The summed E-state index contributed by atoms with van der Waals surface area (Å²) in [4.78, 5) is 0. The summed E-state index contributed by atoms with van der Waals surface area (Å²) in [5.74, 6) is 3.08. The number of hydrogen-bond donors (Lipinski definition) is 1. The van der Waals surface area contributed by atoms with Crippen molar-refractivity contribution in [3.05, 3.63) is 29.8 Å². The van der Waals surface area contributed by atoms with E-state index >= 15 is 0 Å². The van der Waals surface area contributed by atoms with E-state index in [4.69, 9.17) is 4.74 Å². The Balaban J connectivity index is 2.20. The highest BCUT2D eigenvalue weighted by molar-refractivity contribution is 8.07. The molecule has 0 bridgehead atoms. The van der Waals surface area contributed by atoms with Crippen LogP contribution in [-0.4, -0.2) is 34.2 Å². The zero-order valence-corrected chi connectivity index (χ0v) is 11.8. The lowest BCUT2D eigenvalue weighted by Crippen LogP contribution is -2.29. The van der Waals surface area contributed by atoms with Gasteiger partial charge in [0, 0.05) is 27.6 Å². The largest absolute Gasteiger partial charge is 0.496 e. The lowest BCUT2D eigenvalue weighted by Gasteiger charge is -2.32. The number of benzene rings is 1. The predicted molar refractivity (Wildman–Crippen MR) is 76.1 cm³/mol. The summed E-state index contributed by atoms with van der Waals surface area (Å²) in [6.45, 7) is 2.19. The van der Waals surface area contributed by atoms with E-state index in [1.807, 2.05) is 47.8 Å². The molecule has 0 amide bonds. The van der Waals surface area contributed by atoms with E-state index in [0.717, 1.165) is 17.1 Å². The van der Waals surface area contributed by atoms with Gasteiger partial charge in [-0.05, 0) is 6.07 Å². The van der Waals surface area contributed by atoms with E-state index in [1.54, 1.807) is 7.11 Å². The summed E-state index contributed by atoms with van der Waals surface area (Å²) in [5, 5.41) is 11.2. The zero-order chi connectivity index (χ0) is 12.3. The monoisotopic (exact) mass is 270 g/mol. The van der Waals surface area contributed by atoms with Crippen LogP contribution in [0.2, 0.25) is 0 Å². The van der Waals surface area contributed by atoms with Gasteiger partial charge in [0.25, 0.3) is 0 Å². The van der Waals surface area contributed by atoms with Gasteiger partial charge in [-0.15, -0.1) is 0 Å². The molecule has 1 aliphatic rings. The van der Waals surface area contributed by atoms with Gasteiger partial charge < -0.3 is 9.84 Å². The van der Waals surface area contributed by atoms with Crippen LogP contribution in [0.1, 0.15) is 18.6 Å². The molecule has 3 atom stereocenters. The third kappa shape index (κ3) is 2.92. The van der Waals surface area contributed by atoms with Gasteiger partial charge >= 0.3 is 0 Å². The molecule has 17 heavy (non-hydrogen) atoms. The fourth-order valence-electron chi connectivity index (χ4n) is 2.08. The number of aliphatic hydroxyl groups is 1. The van der Waals surface area contributed by atoms with Gasteiger partial charge in [-0.2, -0.15) is 23.5 Å². The molecular formula is C13H18O2S2. The molecule has 1 saturated heterocycles. The average Bonchev–Trinajstić information content (AvgIpc) is 2.38. The Hall–Kier alpha value is -0.320. The first kappa shape index (κ1) is 13.1. The summed E-state index contributed by atoms with van der Waals surface area (Å²) < 4.78 is 5.32. The average molecular weight is 270 g/mol. The maximum absolute atomic E-state index is 10.5. The Kier molecular flexibility index (Phi) is 4.65. The first-order valence-corrected chi connectivity index (χ1v) is 7.88. The van der Waals surface area contributed by atoms with Gasteiger partial charge in [0.2, 0.25) is 0 Å². The van der Waals surface area contributed by atoms with Crippen molar-refractivity contribution in [2.45, 2.75) is 23.5 Å². The fourth-order valence-corrected chi connectivity index (χ4v) is 4.91. The molecule has 3 unspecified atom stereocenters. The second-order valence-corrected chi connectivity index (χ2v) is 6.87. The first-order valence-electron chi connectivity index (χ1n) is 5.78. The lowest BCUT2D eigenvalue weighted by molar-refractivity contribution is 0.170. The summed E-state index contributed by atoms with van der Waals surface area (Å²) in [5.41, 5.74) is 0.904. The van der Waals surface area contributed by atoms with Gasteiger partial charge in [0.15, 0.2) is 0 Å². The summed E-state index contributed by atoms with van der Waals surface area (Å²) in [6.07, 6.45) is -0.445. The molecule has 1 aromatic carbocycles. The molecule has 94 valence electrons. The van der Waals surface area contributed by atoms with Crippen molar-refractivity contribution < 1.29 is 9.84 Å². The number of thioether (sulfide) groups is 2. The number of aliphatic hydroxyl groups excluding tert-OH is 1. The highest BCUT2D eigenvalue weighted by Gasteiger charge is 2.31. The summed E-state index contributed by atoms with van der Waals surface area (Å²) >= 11 is 3.81. The number of ether oxygens (including phenoxy) is 1. The van der Waals surface area contributed by atoms with Crippen LogP contribution in [0, 0.1) is 0 Å². The van der Waals surface area contributed by atoms with Crippen LogP contribution in [-0.2, 0) is 0 Å². The number of methoxy groups -OCH3 is 1. The Morgan fingerprint density at radius 1 is 1.29 bits per heavy atom. The predicted octanol–water partition coefficient (Wildman–Crippen LogP) is 2.97. The Labute approximate surface area is 111 Å². The van der Waals surface area contributed by atoms with Crippen LogP contribution in [0.4, 0.5) is 0 Å². The molecule has 0 aliphatic carbocycles. The normalized spacial score (nSPS) is 26.5. The first-order chi connectivity index (χ1) is 8.24. The minimum Gasteiger partial charge on any atom is -0.496 e. The fraction of sp³-hybridized carbons (Fsp3) is 0.538. The standard InChI is InChI=1S/C13H18O2S2/c1-9-13(17-8-7-16-9)12(14)10-5-3-4-6-11(10)15-2/h3-6,9,12-14H,7-8H2,1-2H3. The van der Waals surface area contributed by atoms with E-state index in [0.29, 0.717) is 5.25 Å². The molecule has 0 aromatic heterocycles. The molecular weight excluding hydrogens is 252 g/mol. The van der Waals surface area contributed by atoms with Gasteiger partial charge in [-0.3, -0.25) is 0 Å². The zero-order valence-electron chi connectivity index (χ0n) is 10.1. The van der Waals surface area contributed by atoms with E-state index in [2.05, 4.69) is 6.92 Å². The van der Waals surface area contributed by atoms with Gasteiger partial charge in [0.05, 0.1) is 13.2 Å². The van der Waals surface area contributed by atoms with Crippen molar-refractivity contribution in [3.63, 3.8) is 0 Å². The van der Waals surface area contributed by atoms with Gasteiger partial charge in [0.1, 0.15) is 5.75 Å². The summed E-state index contributed by atoms with van der Waals surface area (Å²) in [7, 11) is 1.65. The van der Waals surface area contributed by atoms with Crippen LogP contribution in [0.5, 0.6) is 5.75 Å². The van der Waals surface area contributed by atoms with Gasteiger partial charge in [-0.25, -0.2) is 0 Å². The topological polar surface area (TPSA) is 29.5 Å². The third-order valence-electron chi connectivity index (χ3n) is 3.01. The SMILES string of the molecule is COc1ccccc1C(O)C1SCCSC1C. The third-order valence-corrected chi connectivity index (χ3v) is 6.19. The maximum Gasteiger partial charge on any atom is 0.124 e. The molecule has 2 nitrogen and oxygen atoms in total. The van der Waals surface area contributed by atoms with Crippen molar-refractivity contribution in [1.29, 1.82) is 0 Å². The number of hydrogen-bond acceptors (Lipinski definition) is 4. The highest BCUT2D eigenvalue weighted by Crippen LogP contribution is 2.40. The lowest BCUT2D eigenvalue weighted by atomic mass is 10.0. The molecule has 1 aromatic rings. The smallest absolute Gasteiger partial charge is 0.124 e. The Morgan fingerprint density at radius 3 is 2.71 bits per heavy atom. The molecule has 1 aliphatic heterocycles. The van der Waals surface area contributed by atoms with Crippen molar-refractivity contribution in [1.82, 2.24) is 0 Å². The quantitative estimate of drug-likeness (QED) is 0.914. The minimum absolute atomic E-state index is 0.255. The highest BCUT2D eigenvalue weighted by atomic mass is 32.2. The second kappa shape index (κ2) is 6.03. The molecule has 1 N–H and O–H groups in total.